The lowest BCUT2D eigenvalue weighted by atomic mass is 10.2. The van der Waals surface area contributed by atoms with Crippen molar-refractivity contribution in [2.45, 2.75) is 26.2 Å². The number of nitrogens with one attached hydrogen (secondary N) is 2. The topological polar surface area (TPSA) is 111 Å². The first-order valence-electron chi connectivity index (χ1n) is 9.76. The van der Waals surface area contributed by atoms with Gasteiger partial charge in [0.1, 0.15) is 0 Å². The Morgan fingerprint density at radius 2 is 1.59 bits per heavy atom. The SMILES string of the molecule is CCCOC(=O)c1ccc(NC(=O)CCC(=O)OCC(=O)Nc2ccc(Cl)cc2Cl)cc1. The number of hydrogen-bond acceptors (Lipinski definition) is 6. The van der Waals surface area contributed by atoms with Crippen molar-refractivity contribution in [2.75, 3.05) is 23.8 Å². The predicted octanol–water partition coefficient (Wildman–Crippen LogP) is 4.46. The second-order valence-electron chi connectivity index (χ2n) is 6.59. The number of carbonyl (C=O) groups is 4. The summed E-state index contributed by atoms with van der Waals surface area (Å²) in [6.45, 7) is 1.72. The Kier molecular flexibility index (Phi) is 9.97. The first kappa shape index (κ1) is 25.2. The number of carbonyl (C=O) groups excluding carboxylic acids is 4. The summed E-state index contributed by atoms with van der Waals surface area (Å²) in [6.07, 6.45) is 0.385. The molecule has 2 aromatic carbocycles. The molecule has 32 heavy (non-hydrogen) atoms. The number of anilines is 2. The summed E-state index contributed by atoms with van der Waals surface area (Å²) in [7, 11) is 0. The van der Waals surface area contributed by atoms with Crippen molar-refractivity contribution < 1.29 is 28.7 Å². The van der Waals surface area contributed by atoms with Crippen LogP contribution in [0.3, 0.4) is 0 Å². The Morgan fingerprint density at radius 1 is 0.875 bits per heavy atom. The van der Waals surface area contributed by atoms with Crippen molar-refractivity contribution in [3.63, 3.8) is 0 Å². The van der Waals surface area contributed by atoms with Crippen LogP contribution in [0.15, 0.2) is 42.5 Å². The van der Waals surface area contributed by atoms with E-state index < -0.39 is 30.4 Å². The van der Waals surface area contributed by atoms with E-state index in [1.165, 1.54) is 24.3 Å². The smallest absolute Gasteiger partial charge is 0.338 e. The third-order valence-corrected chi connectivity index (χ3v) is 4.52. The third-order valence-electron chi connectivity index (χ3n) is 3.97. The second kappa shape index (κ2) is 12.7. The molecule has 170 valence electrons. The maximum Gasteiger partial charge on any atom is 0.338 e. The van der Waals surface area contributed by atoms with Crippen molar-refractivity contribution >= 4 is 58.3 Å². The van der Waals surface area contributed by atoms with Crippen LogP contribution in [0.25, 0.3) is 0 Å². The van der Waals surface area contributed by atoms with Crippen molar-refractivity contribution in [3.8, 4) is 0 Å². The largest absolute Gasteiger partial charge is 0.462 e. The van der Waals surface area contributed by atoms with Gasteiger partial charge in [0.05, 0.1) is 29.3 Å². The molecule has 10 heteroatoms. The first-order valence-corrected chi connectivity index (χ1v) is 10.5. The van der Waals surface area contributed by atoms with Crippen LogP contribution in [0.4, 0.5) is 11.4 Å². The molecule has 2 aromatic rings. The summed E-state index contributed by atoms with van der Waals surface area (Å²) in [6, 6.07) is 10.7. The lowest BCUT2D eigenvalue weighted by Gasteiger charge is -2.09. The van der Waals surface area contributed by atoms with Crippen LogP contribution in [-0.4, -0.2) is 37.0 Å². The molecule has 0 aromatic heterocycles. The third kappa shape index (κ3) is 8.56. The zero-order valence-electron chi connectivity index (χ0n) is 17.3. The van der Waals surface area contributed by atoms with E-state index in [9.17, 15) is 19.2 Å². The molecule has 8 nitrogen and oxygen atoms in total. The normalized spacial score (nSPS) is 10.2. The van der Waals surface area contributed by atoms with E-state index >= 15 is 0 Å². The highest BCUT2D eigenvalue weighted by Crippen LogP contribution is 2.25. The Balaban J connectivity index is 1.70. The van der Waals surface area contributed by atoms with Crippen LogP contribution in [-0.2, 0) is 23.9 Å². The lowest BCUT2D eigenvalue weighted by molar-refractivity contribution is -0.147. The highest BCUT2D eigenvalue weighted by molar-refractivity contribution is 6.36. The number of amides is 2. The van der Waals surface area contributed by atoms with Crippen LogP contribution in [0.1, 0.15) is 36.5 Å². The quantitative estimate of drug-likeness (QED) is 0.485. The molecule has 0 heterocycles. The molecule has 0 aliphatic rings. The van der Waals surface area contributed by atoms with Gasteiger partial charge < -0.3 is 20.1 Å². The first-order chi connectivity index (χ1) is 15.3. The van der Waals surface area contributed by atoms with Gasteiger partial charge in [-0.3, -0.25) is 14.4 Å². The Bertz CT molecular complexity index is 979. The van der Waals surface area contributed by atoms with Crippen LogP contribution >= 0.6 is 23.2 Å². The lowest BCUT2D eigenvalue weighted by Crippen LogP contribution is -2.22. The van der Waals surface area contributed by atoms with Gasteiger partial charge in [-0.25, -0.2) is 4.79 Å². The number of benzene rings is 2. The molecule has 0 radical (unpaired) electrons. The van der Waals surface area contributed by atoms with Gasteiger partial charge in [0.25, 0.3) is 5.91 Å². The van der Waals surface area contributed by atoms with Gasteiger partial charge >= 0.3 is 11.9 Å². The van der Waals surface area contributed by atoms with E-state index in [0.717, 1.165) is 6.42 Å². The molecule has 0 saturated heterocycles. The van der Waals surface area contributed by atoms with E-state index in [4.69, 9.17) is 32.7 Å². The van der Waals surface area contributed by atoms with Gasteiger partial charge in [-0.05, 0) is 48.9 Å². The Hall–Kier alpha value is -3.10. The number of halogens is 2. The average molecular weight is 481 g/mol. The fourth-order valence-electron chi connectivity index (χ4n) is 2.40. The maximum absolute atomic E-state index is 12.0. The molecule has 0 spiro atoms. The fourth-order valence-corrected chi connectivity index (χ4v) is 2.86. The molecular formula is C22H22Cl2N2O6. The molecule has 0 aliphatic carbocycles. The van der Waals surface area contributed by atoms with Gasteiger partial charge in [0, 0.05) is 17.1 Å². The molecule has 0 saturated carbocycles. The van der Waals surface area contributed by atoms with Crippen molar-refractivity contribution in [3.05, 3.63) is 58.1 Å². The van der Waals surface area contributed by atoms with Crippen LogP contribution in [0.2, 0.25) is 10.0 Å². The van der Waals surface area contributed by atoms with E-state index in [1.54, 1.807) is 18.2 Å². The van der Waals surface area contributed by atoms with Gasteiger partial charge in [0.2, 0.25) is 5.91 Å². The summed E-state index contributed by atoms with van der Waals surface area (Å²) in [5, 5.41) is 5.78. The molecule has 0 unspecified atom stereocenters. The molecule has 2 amide bonds. The van der Waals surface area contributed by atoms with Crippen molar-refractivity contribution in [2.24, 2.45) is 0 Å². The molecule has 0 fully saturated rings. The number of esters is 2. The summed E-state index contributed by atoms with van der Waals surface area (Å²) >= 11 is 11.7. The zero-order chi connectivity index (χ0) is 23.5. The highest BCUT2D eigenvalue weighted by atomic mass is 35.5. The van der Waals surface area contributed by atoms with E-state index in [2.05, 4.69) is 10.6 Å². The molecule has 0 bridgehead atoms. The predicted molar refractivity (Wildman–Crippen MR) is 121 cm³/mol. The zero-order valence-corrected chi connectivity index (χ0v) is 18.8. The van der Waals surface area contributed by atoms with Crippen LogP contribution in [0.5, 0.6) is 0 Å². The number of rotatable bonds is 10. The Morgan fingerprint density at radius 3 is 2.25 bits per heavy atom. The van der Waals surface area contributed by atoms with Gasteiger partial charge in [-0.15, -0.1) is 0 Å². The fraction of sp³-hybridized carbons (Fsp3) is 0.273. The van der Waals surface area contributed by atoms with Gasteiger partial charge in [0.15, 0.2) is 6.61 Å². The van der Waals surface area contributed by atoms with Crippen molar-refractivity contribution in [1.29, 1.82) is 0 Å². The molecular weight excluding hydrogens is 459 g/mol. The summed E-state index contributed by atoms with van der Waals surface area (Å²) < 4.78 is 9.89. The van der Waals surface area contributed by atoms with Crippen molar-refractivity contribution in [1.82, 2.24) is 0 Å². The minimum atomic E-state index is -0.702. The average Bonchev–Trinajstić information content (AvgIpc) is 2.77. The minimum Gasteiger partial charge on any atom is -0.462 e. The highest BCUT2D eigenvalue weighted by Gasteiger charge is 2.13. The Labute approximate surface area is 195 Å². The molecule has 0 aliphatic heterocycles. The monoisotopic (exact) mass is 480 g/mol. The molecule has 2 rings (SSSR count). The van der Waals surface area contributed by atoms with Gasteiger partial charge in [-0.2, -0.15) is 0 Å². The molecule has 0 atom stereocenters. The summed E-state index contributed by atoms with van der Waals surface area (Å²) in [5.41, 5.74) is 1.17. The number of ether oxygens (including phenoxy) is 2. The standard InChI is InChI=1S/C22H22Cl2N2O6/c1-2-11-31-22(30)14-3-6-16(7-4-14)25-19(27)9-10-21(29)32-13-20(28)26-18-8-5-15(23)12-17(18)24/h3-8,12H,2,9-11,13H2,1H3,(H,25,27)(H,26,28). The van der Waals surface area contributed by atoms with E-state index in [0.29, 0.717) is 28.6 Å². The van der Waals surface area contributed by atoms with E-state index in [1.807, 2.05) is 6.92 Å². The van der Waals surface area contributed by atoms with Crippen LogP contribution in [0, 0.1) is 0 Å². The van der Waals surface area contributed by atoms with Gasteiger partial charge in [-0.1, -0.05) is 30.1 Å². The van der Waals surface area contributed by atoms with Crippen LogP contribution < -0.4 is 10.6 Å². The second-order valence-corrected chi connectivity index (χ2v) is 7.44. The maximum atomic E-state index is 12.0. The number of hydrogen-bond donors (Lipinski definition) is 2. The molecule has 2 N–H and O–H groups in total. The minimum absolute atomic E-state index is 0.135. The summed E-state index contributed by atoms with van der Waals surface area (Å²) in [5.74, 6) is -2.13. The summed E-state index contributed by atoms with van der Waals surface area (Å²) in [4.78, 5) is 47.4. The van der Waals surface area contributed by atoms with E-state index in [-0.39, 0.29) is 17.9 Å².